The summed E-state index contributed by atoms with van der Waals surface area (Å²) >= 11 is 1.83. The first kappa shape index (κ1) is 32.2. The summed E-state index contributed by atoms with van der Waals surface area (Å²) in [4.78, 5) is 15.6. The highest BCUT2D eigenvalue weighted by atomic mass is 32.1. The zero-order valence-electron chi connectivity index (χ0n) is 30.1. The lowest BCUT2D eigenvalue weighted by atomic mass is 9.93. The molecule has 0 atom stereocenters. The maximum absolute atomic E-state index is 6.83. The molecule has 3 heterocycles. The average molecular weight is 734 g/mol. The van der Waals surface area contributed by atoms with Crippen LogP contribution in [-0.4, -0.2) is 15.0 Å². The summed E-state index contributed by atoms with van der Waals surface area (Å²) in [6, 6.07) is 65.6. The molecule has 0 bridgehead atoms. The summed E-state index contributed by atoms with van der Waals surface area (Å²) in [5.74, 6) is 1.74. The van der Waals surface area contributed by atoms with Crippen LogP contribution in [0.3, 0.4) is 0 Å². The third kappa shape index (κ3) is 5.48. The van der Waals surface area contributed by atoms with Gasteiger partial charge in [0.15, 0.2) is 17.5 Å². The van der Waals surface area contributed by atoms with Gasteiger partial charge in [-0.3, -0.25) is 0 Å². The van der Waals surface area contributed by atoms with Crippen molar-refractivity contribution in [2.24, 2.45) is 0 Å². The lowest BCUT2D eigenvalue weighted by Gasteiger charge is -2.13. The molecule has 3 aromatic heterocycles. The normalized spacial score (nSPS) is 11.6. The van der Waals surface area contributed by atoms with Crippen molar-refractivity contribution in [1.29, 1.82) is 0 Å². The molecule has 11 aromatic rings. The molecule has 0 unspecified atom stereocenters. The van der Waals surface area contributed by atoms with Crippen LogP contribution in [0.5, 0.6) is 0 Å². The van der Waals surface area contributed by atoms with Gasteiger partial charge in [0.05, 0.1) is 5.56 Å². The van der Waals surface area contributed by atoms with Crippen molar-refractivity contribution in [3.05, 3.63) is 188 Å². The Kier molecular flexibility index (Phi) is 7.64. The van der Waals surface area contributed by atoms with Crippen LogP contribution < -0.4 is 0 Å². The fourth-order valence-corrected chi connectivity index (χ4v) is 9.05. The molecule has 0 N–H and O–H groups in total. The summed E-state index contributed by atoms with van der Waals surface area (Å²) < 4.78 is 9.36. The lowest BCUT2D eigenvalue weighted by Crippen LogP contribution is -2.01. The van der Waals surface area contributed by atoms with E-state index in [1.807, 2.05) is 65.9 Å². The van der Waals surface area contributed by atoms with Gasteiger partial charge in [-0.25, -0.2) is 15.0 Å². The highest BCUT2D eigenvalue weighted by Gasteiger charge is 2.22. The topological polar surface area (TPSA) is 51.8 Å². The van der Waals surface area contributed by atoms with E-state index in [0.717, 1.165) is 66.4 Å². The molecule has 0 spiro atoms. The number of fused-ring (bicyclic) bond motifs is 6. The number of nitrogens with zero attached hydrogens (tertiary/aromatic N) is 3. The Morgan fingerprint density at radius 1 is 0.339 bits per heavy atom. The van der Waals surface area contributed by atoms with Gasteiger partial charge in [0.1, 0.15) is 11.2 Å². The molecule has 0 amide bonds. The Bertz CT molecular complexity index is 3180. The van der Waals surface area contributed by atoms with Crippen LogP contribution >= 0.6 is 11.3 Å². The number of benzene rings is 8. The molecule has 0 fully saturated rings. The minimum Gasteiger partial charge on any atom is -0.455 e. The van der Waals surface area contributed by atoms with E-state index in [2.05, 4.69) is 133 Å². The van der Waals surface area contributed by atoms with E-state index < -0.39 is 0 Å². The monoisotopic (exact) mass is 733 g/mol. The number of rotatable bonds is 6. The van der Waals surface area contributed by atoms with Crippen molar-refractivity contribution < 1.29 is 4.42 Å². The maximum atomic E-state index is 6.83. The lowest BCUT2D eigenvalue weighted by molar-refractivity contribution is 0.669. The van der Waals surface area contributed by atoms with Crippen LogP contribution in [0, 0.1) is 0 Å². The van der Waals surface area contributed by atoms with Crippen LogP contribution in [0.2, 0.25) is 0 Å². The zero-order valence-corrected chi connectivity index (χ0v) is 30.9. The number of para-hydroxylation sites is 1. The van der Waals surface area contributed by atoms with Crippen molar-refractivity contribution >= 4 is 53.4 Å². The zero-order chi connectivity index (χ0) is 37.0. The van der Waals surface area contributed by atoms with Crippen LogP contribution in [-0.2, 0) is 0 Å². The van der Waals surface area contributed by atoms with Gasteiger partial charge >= 0.3 is 0 Å². The van der Waals surface area contributed by atoms with Gasteiger partial charge in [0.25, 0.3) is 0 Å². The van der Waals surface area contributed by atoms with Gasteiger partial charge in [0, 0.05) is 42.1 Å². The average Bonchev–Trinajstić information content (AvgIpc) is 3.86. The van der Waals surface area contributed by atoms with E-state index in [9.17, 15) is 0 Å². The number of thiophene rings is 1. The Labute approximate surface area is 327 Å². The fraction of sp³-hybridized carbons (Fsp3) is 0. The van der Waals surface area contributed by atoms with Gasteiger partial charge < -0.3 is 4.42 Å². The minimum atomic E-state index is 0.551. The molecule has 8 aromatic carbocycles. The quantitative estimate of drug-likeness (QED) is 0.171. The highest BCUT2D eigenvalue weighted by molar-refractivity contribution is 7.25. The standard InChI is InChI=1S/C51H31N3OS/c1-4-15-32(16-5-1)35-29-36(33-17-6-2-7-18-33)31-37(30-35)50-52-49(34-19-8-3-9-20-34)53-51(54-50)42-28-27-39(47-40-21-10-12-24-43(40)55-48(42)47)38-23-14-26-45-46(38)41-22-11-13-25-44(41)56-45/h1-31H. The smallest absolute Gasteiger partial charge is 0.167 e. The van der Waals surface area contributed by atoms with E-state index in [1.165, 1.54) is 25.7 Å². The first-order valence-corrected chi connectivity index (χ1v) is 19.5. The molecular formula is C51H31N3OS. The maximum Gasteiger partial charge on any atom is 0.167 e. The Balaban J connectivity index is 1.17. The van der Waals surface area contributed by atoms with Gasteiger partial charge in [0.2, 0.25) is 0 Å². The Morgan fingerprint density at radius 2 is 0.857 bits per heavy atom. The van der Waals surface area contributed by atoms with E-state index in [1.54, 1.807) is 0 Å². The molecule has 0 saturated carbocycles. The SMILES string of the molecule is c1ccc(-c2cc(-c3ccccc3)cc(-c3nc(-c4ccccc4)nc(-c4ccc(-c5cccc6sc7ccccc7c56)c5c4oc4ccccc45)n3)c2)cc1. The molecule has 0 saturated heterocycles. The van der Waals surface area contributed by atoms with Crippen molar-refractivity contribution in [2.75, 3.05) is 0 Å². The van der Waals surface area contributed by atoms with E-state index in [4.69, 9.17) is 19.4 Å². The second-order valence-corrected chi connectivity index (χ2v) is 15.0. The summed E-state index contributed by atoms with van der Waals surface area (Å²) in [6.45, 7) is 0. The molecule has 56 heavy (non-hydrogen) atoms. The van der Waals surface area contributed by atoms with Crippen molar-refractivity contribution in [2.45, 2.75) is 0 Å². The van der Waals surface area contributed by atoms with Crippen molar-refractivity contribution in [3.8, 4) is 67.5 Å². The van der Waals surface area contributed by atoms with Crippen LogP contribution in [0.1, 0.15) is 0 Å². The second kappa shape index (κ2) is 13.3. The Morgan fingerprint density at radius 3 is 1.57 bits per heavy atom. The van der Waals surface area contributed by atoms with Crippen LogP contribution in [0.15, 0.2) is 192 Å². The first-order chi connectivity index (χ1) is 27.7. The summed E-state index contributed by atoms with van der Waals surface area (Å²) in [6.07, 6.45) is 0. The molecule has 0 aliphatic heterocycles. The van der Waals surface area contributed by atoms with Crippen molar-refractivity contribution in [3.63, 3.8) is 0 Å². The third-order valence-corrected chi connectivity index (χ3v) is 11.7. The van der Waals surface area contributed by atoms with Gasteiger partial charge in [-0.1, -0.05) is 146 Å². The highest BCUT2D eigenvalue weighted by Crippen LogP contribution is 2.46. The number of aromatic nitrogens is 3. The van der Waals surface area contributed by atoms with E-state index in [-0.39, 0.29) is 0 Å². The van der Waals surface area contributed by atoms with Crippen molar-refractivity contribution in [1.82, 2.24) is 15.0 Å². The second-order valence-electron chi connectivity index (χ2n) is 13.9. The van der Waals surface area contributed by atoms with Gasteiger partial charge in [-0.15, -0.1) is 11.3 Å². The Hall–Kier alpha value is -7.21. The molecule has 0 aliphatic carbocycles. The summed E-state index contributed by atoms with van der Waals surface area (Å²) in [5.41, 5.74) is 10.9. The molecule has 5 heteroatoms. The number of furan rings is 1. The molecular weight excluding hydrogens is 703 g/mol. The van der Waals surface area contributed by atoms with E-state index in [0.29, 0.717) is 17.5 Å². The van der Waals surface area contributed by atoms with Gasteiger partial charge in [-0.2, -0.15) is 0 Å². The molecule has 0 radical (unpaired) electrons. The molecule has 4 nitrogen and oxygen atoms in total. The largest absolute Gasteiger partial charge is 0.455 e. The summed E-state index contributed by atoms with van der Waals surface area (Å²) in [7, 11) is 0. The van der Waals surface area contributed by atoms with Gasteiger partial charge in [-0.05, 0) is 75.8 Å². The van der Waals surface area contributed by atoms with Crippen LogP contribution in [0.25, 0.3) is 110 Å². The number of hydrogen-bond donors (Lipinski definition) is 0. The first-order valence-electron chi connectivity index (χ1n) is 18.7. The summed E-state index contributed by atoms with van der Waals surface area (Å²) in [5, 5.41) is 4.61. The number of hydrogen-bond acceptors (Lipinski definition) is 5. The van der Waals surface area contributed by atoms with E-state index >= 15 is 0 Å². The predicted octanol–water partition coefficient (Wildman–Crippen LogP) is 14.1. The fourth-order valence-electron chi connectivity index (χ4n) is 7.92. The molecule has 262 valence electrons. The third-order valence-electron chi connectivity index (χ3n) is 10.5. The molecule has 11 rings (SSSR count). The minimum absolute atomic E-state index is 0.551. The molecule has 0 aliphatic rings. The predicted molar refractivity (Wildman–Crippen MR) is 233 cm³/mol. The van der Waals surface area contributed by atoms with Crippen LogP contribution in [0.4, 0.5) is 0 Å².